The van der Waals surface area contributed by atoms with Crippen molar-refractivity contribution in [1.29, 1.82) is 0 Å². The van der Waals surface area contributed by atoms with Gasteiger partial charge in [-0.2, -0.15) is 0 Å². The third kappa shape index (κ3) is 54.8. The summed E-state index contributed by atoms with van der Waals surface area (Å²) in [5.74, 6) is -0.245. The van der Waals surface area contributed by atoms with Gasteiger partial charge in [0.25, 0.3) is 0 Å². The number of carbonyl (C=O) groups excluding carboxylic acids is 1. The molecule has 62 valence electrons. The Kier molecular flexibility index (Phi) is 87.1. The van der Waals surface area contributed by atoms with E-state index in [2.05, 4.69) is 4.74 Å². The van der Waals surface area contributed by atoms with Crippen molar-refractivity contribution in [3.05, 3.63) is 0 Å². The highest BCUT2D eigenvalue weighted by atomic mass is 35.5. The highest BCUT2D eigenvalue weighted by Gasteiger charge is 1.75. The molecule has 0 saturated carbocycles. The normalized spacial score (nSPS) is 3.78. The molecule has 0 aromatic rings. The first-order valence-electron chi connectivity index (χ1n) is 1.32. The van der Waals surface area contributed by atoms with Gasteiger partial charge in [-0.15, -0.1) is 49.6 Å². The number of hydrogen-bond donors (Lipinski definition) is 0. The Morgan fingerprint density at radius 3 is 1.22 bits per heavy atom. The van der Waals surface area contributed by atoms with E-state index in [1.54, 1.807) is 0 Å². The molecule has 0 radical (unpaired) electrons. The van der Waals surface area contributed by atoms with Crippen molar-refractivity contribution in [2.75, 3.05) is 7.11 Å². The van der Waals surface area contributed by atoms with E-state index < -0.39 is 0 Å². The Bertz CT molecular complexity index is 49.1. The van der Waals surface area contributed by atoms with E-state index in [4.69, 9.17) is 0 Å². The number of ether oxygens (including phenoxy) is 1. The molecule has 0 rings (SSSR count). The van der Waals surface area contributed by atoms with Crippen molar-refractivity contribution in [2.24, 2.45) is 0 Å². The lowest BCUT2D eigenvalue weighted by Crippen LogP contribution is -1.88. The van der Waals surface area contributed by atoms with Crippen LogP contribution in [0.25, 0.3) is 0 Å². The predicted octanol–water partition coefficient (Wildman–Crippen LogP) is 1.87. The van der Waals surface area contributed by atoms with Crippen LogP contribution in [-0.4, -0.2) is 13.1 Å². The Morgan fingerprint density at radius 2 is 1.22 bits per heavy atom. The van der Waals surface area contributed by atoms with Gasteiger partial charge >= 0.3 is 5.97 Å². The summed E-state index contributed by atoms with van der Waals surface area (Å²) in [5, 5.41) is 0. The topological polar surface area (TPSA) is 26.3 Å². The minimum Gasteiger partial charge on any atom is -0.469 e. The molecule has 0 aliphatic heterocycles. The van der Waals surface area contributed by atoms with Crippen LogP contribution in [0.3, 0.4) is 0 Å². The standard InChI is InChI=1S/C3H6O2.4ClH/c1-3(4)5-2;;;;/h1-2H3;4*1H. The molecule has 0 aliphatic carbocycles. The van der Waals surface area contributed by atoms with Crippen molar-refractivity contribution >= 4 is 55.6 Å². The second kappa shape index (κ2) is 23.4. The second-order valence-corrected chi connectivity index (χ2v) is 0.696. The maximum Gasteiger partial charge on any atom is 0.302 e. The maximum absolute atomic E-state index is 9.59. The molecule has 0 aliphatic rings. The molecule has 0 spiro atoms. The lowest BCUT2D eigenvalue weighted by Gasteiger charge is -1.80. The number of esters is 1. The van der Waals surface area contributed by atoms with Crippen molar-refractivity contribution in [1.82, 2.24) is 0 Å². The monoisotopic (exact) mass is 218 g/mol. The molecule has 0 saturated heterocycles. The first-order chi connectivity index (χ1) is 2.27. The molecule has 0 unspecified atom stereocenters. The van der Waals surface area contributed by atoms with Gasteiger partial charge in [-0.3, -0.25) is 4.79 Å². The van der Waals surface area contributed by atoms with Crippen LogP contribution in [0.15, 0.2) is 0 Å². The summed E-state index contributed by atoms with van der Waals surface area (Å²) in [5.41, 5.74) is 0. The fourth-order valence-corrected chi connectivity index (χ4v) is 0. The fraction of sp³-hybridized carbons (Fsp3) is 0.667. The smallest absolute Gasteiger partial charge is 0.302 e. The van der Waals surface area contributed by atoms with E-state index in [0.717, 1.165) is 0 Å². The molecule has 2 nitrogen and oxygen atoms in total. The average molecular weight is 220 g/mol. The van der Waals surface area contributed by atoms with Gasteiger partial charge in [-0.25, -0.2) is 0 Å². The van der Waals surface area contributed by atoms with Crippen LogP contribution in [0.4, 0.5) is 0 Å². The molecule has 0 N–H and O–H groups in total. The third-order valence-corrected chi connectivity index (χ3v) is 0.287. The Labute approximate surface area is 79.4 Å². The number of carbonyl (C=O) groups is 1. The zero-order valence-electron chi connectivity index (χ0n) is 4.95. The van der Waals surface area contributed by atoms with Crippen LogP contribution < -0.4 is 0 Å². The Balaban J connectivity index is -0.0000000133. The van der Waals surface area contributed by atoms with Crippen molar-refractivity contribution in [2.45, 2.75) is 6.92 Å². The second-order valence-electron chi connectivity index (χ2n) is 0.696. The fourth-order valence-electron chi connectivity index (χ4n) is 0. The minimum absolute atomic E-state index is 0. The van der Waals surface area contributed by atoms with Gasteiger partial charge in [0, 0.05) is 6.92 Å². The molecule has 0 bridgehead atoms. The molecular weight excluding hydrogens is 210 g/mol. The maximum atomic E-state index is 9.59. The van der Waals surface area contributed by atoms with Crippen LogP contribution >= 0.6 is 49.6 Å². The summed E-state index contributed by atoms with van der Waals surface area (Å²) in [4.78, 5) is 9.59. The van der Waals surface area contributed by atoms with Gasteiger partial charge in [0.1, 0.15) is 0 Å². The zero-order chi connectivity index (χ0) is 4.28. The Morgan fingerprint density at radius 1 is 1.11 bits per heavy atom. The van der Waals surface area contributed by atoms with Crippen LogP contribution in [0, 0.1) is 0 Å². The highest BCUT2D eigenvalue weighted by Crippen LogP contribution is 1.60. The molecule has 0 fully saturated rings. The molecule has 9 heavy (non-hydrogen) atoms. The van der Waals surface area contributed by atoms with Crippen molar-refractivity contribution < 1.29 is 9.53 Å². The number of rotatable bonds is 0. The first kappa shape index (κ1) is 33.5. The molecule has 6 heteroatoms. The molecular formula is C3H10Cl4O2. The summed E-state index contributed by atoms with van der Waals surface area (Å²) in [7, 11) is 1.35. The van der Waals surface area contributed by atoms with E-state index in [1.165, 1.54) is 14.0 Å². The molecule has 0 heterocycles. The van der Waals surface area contributed by atoms with Gasteiger partial charge < -0.3 is 4.74 Å². The van der Waals surface area contributed by atoms with Crippen LogP contribution in [0.2, 0.25) is 0 Å². The van der Waals surface area contributed by atoms with E-state index in [1.807, 2.05) is 0 Å². The van der Waals surface area contributed by atoms with E-state index in [-0.39, 0.29) is 55.6 Å². The van der Waals surface area contributed by atoms with Crippen LogP contribution in [-0.2, 0) is 9.53 Å². The van der Waals surface area contributed by atoms with Gasteiger partial charge in [0.15, 0.2) is 0 Å². The molecule has 0 aromatic heterocycles. The highest BCUT2D eigenvalue weighted by molar-refractivity contribution is 5.86. The van der Waals surface area contributed by atoms with Crippen molar-refractivity contribution in [3.63, 3.8) is 0 Å². The molecule has 0 aromatic carbocycles. The largest absolute Gasteiger partial charge is 0.469 e. The summed E-state index contributed by atoms with van der Waals surface area (Å²) in [6, 6.07) is 0. The molecule has 0 atom stereocenters. The summed E-state index contributed by atoms with van der Waals surface area (Å²) in [6.07, 6.45) is 0. The van der Waals surface area contributed by atoms with E-state index in [9.17, 15) is 4.79 Å². The SMILES string of the molecule is COC(C)=O.Cl.Cl.Cl.Cl. The summed E-state index contributed by atoms with van der Waals surface area (Å²) < 4.78 is 4.11. The average Bonchev–Trinajstić information content (AvgIpc) is 1.38. The predicted molar refractivity (Wildman–Crippen MR) is 46.7 cm³/mol. The van der Waals surface area contributed by atoms with Crippen LogP contribution in [0.1, 0.15) is 6.92 Å². The minimum atomic E-state index is -0.245. The number of methoxy groups -OCH3 is 1. The number of halogens is 4. The summed E-state index contributed by atoms with van der Waals surface area (Å²) >= 11 is 0. The Hall–Kier alpha value is 0.630. The quantitative estimate of drug-likeness (QED) is 0.582. The van der Waals surface area contributed by atoms with Crippen molar-refractivity contribution in [3.8, 4) is 0 Å². The summed E-state index contributed by atoms with van der Waals surface area (Å²) in [6.45, 7) is 1.36. The van der Waals surface area contributed by atoms with E-state index in [0.29, 0.717) is 0 Å². The lowest BCUT2D eigenvalue weighted by molar-refractivity contribution is -0.137. The first-order valence-corrected chi connectivity index (χ1v) is 1.32. The number of hydrogen-bond acceptors (Lipinski definition) is 2. The van der Waals surface area contributed by atoms with Gasteiger partial charge in [-0.1, -0.05) is 0 Å². The zero-order valence-corrected chi connectivity index (χ0v) is 8.22. The van der Waals surface area contributed by atoms with Gasteiger partial charge in [0.2, 0.25) is 0 Å². The third-order valence-electron chi connectivity index (χ3n) is 0.287. The van der Waals surface area contributed by atoms with Crippen LogP contribution in [0.5, 0.6) is 0 Å². The van der Waals surface area contributed by atoms with Gasteiger partial charge in [0.05, 0.1) is 7.11 Å². The molecule has 0 amide bonds. The van der Waals surface area contributed by atoms with Gasteiger partial charge in [-0.05, 0) is 0 Å². The van der Waals surface area contributed by atoms with E-state index >= 15 is 0 Å². The lowest BCUT2D eigenvalue weighted by atomic mass is 10.8.